The molecule has 19 heavy (non-hydrogen) atoms. The molecule has 1 unspecified atom stereocenters. The molecule has 1 atom stereocenters. The van der Waals surface area contributed by atoms with Gasteiger partial charge in [-0.1, -0.05) is 30.3 Å². The maximum atomic E-state index is 12.6. The molecule has 0 radical (unpaired) electrons. The first-order valence-corrected chi connectivity index (χ1v) is 6.93. The lowest BCUT2D eigenvalue weighted by Gasteiger charge is -2.15. The highest BCUT2D eigenvalue weighted by Crippen LogP contribution is 2.49. The van der Waals surface area contributed by atoms with Gasteiger partial charge in [-0.15, -0.1) is 0 Å². The van der Waals surface area contributed by atoms with Gasteiger partial charge in [0.25, 0.3) is 0 Å². The average Bonchev–Trinajstić information content (AvgIpc) is 2.40. The van der Waals surface area contributed by atoms with E-state index in [9.17, 15) is 9.67 Å². The van der Waals surface area contributed by atoms with E-state index in [0.717, 1.165) is 0 Å². The number of benzene rings is 2. The Hall–Kier alpha value is -2.42. The van der Waals surface area contributed by atoms with E-state index in [1.165, 1.54) is 12.1 Å². The molecule has 0 heterocycles. The zero-order chi connectivity index (χ0) is 13.7. The van der Waals surface area contributed by atoms with E-state index >= 15 is 0 Å². The minimum Gasteiger partial charge on any atom is -0.507 e. The van der Waals surface area contributed by atoms with Crippen LogP contribution in [0.4, 0.5) is 0 Å². The summed E-state index contributed by atoms with van der Waals surface area (Å²) in [4.78, 5) is 5.78. The van der Waals surface area contributed by atoms with Crippen LogP contribution in [0.3, 0.4) is 0 Å². The number of phenolic OH excluding ortho intramolecular Hbond substituents is 1. The van der Waals surface area contributed by atoms with Gasteiger partial charge in [-0.05, 0) is 29.8 Å². The van der Waals surface area contributed by atoms with E-state index in [0.29, 0.717) is 5.75 Å². The Morgan fingerprint density at radius 3 is 2.37 bits per heavy atom. The van der Waals surface area contributed by atoms with Gasteiger partial charge in [0.05, 0.1) is 5.30 Å². The number of nitrogens with zero attached hydrogens (tertiary/aromatic N) is 3. The van der Waals surface area contributed by atoms with Crippen LogP contribution in [0, 0.1) is 0 Å². The van der Waals surface area contributed by atoms with Crippen molar-refractivity contribution in [3.8, 4) is 11.5 Å². The van der Waals surface area contributed by atoms with E-state index in [4.69, 9.17) is 10.1 Å². The molecule has 0 fully saturated rings. The number of hydrogen-bond acceptors (Lipinski definition) is 3. The zero-order valence-electron chi connectivity index (χ0n) is 9.75. The molecule has 6 nitrogen and oxygen atoms in total. The smallest absolute Gasteiger partial charge is 0.368 e. The summed E-state index contributed by atoms with van der Waals surface area (Å²) in [7, 11) is -3.87. The van der Waals surface area contributed by atoms with Gasteiger partial charge in [-0.25, -0.2) is 0 Å². The Morgan fingerprint density at radius 1 is 1.11 bits per heavy atom. The van der Waals surface area contributed by atoms with Crippen LogP contribution in [0.5, 0.6) is 11.5 Å². The van der Waals surface area contributed by atoms with Crippen LogP contribution < -0.4 is 9.83 Å². The van der Waals surface area contributed by atoms with Crippen LogP contribution in [-0.4, -0.2) is 5.11 Å². The first-order valence-electron chi connectivity index (χ1n) is 5.35. The fourth-order valence-corrected chi connectivity index (χ4v) is 2.88. The highest BCUT2D eigenvalue weighted by Gasteiger charge is 2.29. The molecule has 0 aliphatic heterocycles. The third-order valence-corrected chi connectivity index (χ3v) is 4.08. The van der Waals surface area contributed by atoms with Crippen molar-refractivity contribution in [2.24, 2.45) is 4.88 Å². The van der Waals surface area contributed by atoms with Crippen molar-refractivity contribution >= 4 is 12.8 Å². The van der Waals surface area contributed by atoms with Gasteiger partial charge in [0.15, 0.2) is 0 Å². The standard InChI is InChI=1S/C12H10N3O3P/c13-14-15-19(17,12-9-5-4-8-11(12)16)18-10-6-2-1-3-7-10/h1-9,16H. The van der Waals surface area contributed by atoms with Crippen LogP contribution in [0.15, 0.2) is 59.5 Å². The predicted molar refractivity (Wildman–Crippen MR) is 71.6 cm³/mol. The van der Waals surface area contributed by atoms with Gasteiger partial charge in [0.1, 0.15) is 11.5 Å². The molecule has 0 spiro atoms. The Labute approximate surface area is 109 Å². The maximum Gasteiger partial charge on any atom is 0.368 e. The summed E-state index contributed by atoms with van der Waals surface area (Å²) in [5, 5.41) is 9.68. The second kappa shape index (κ2) is 5.48. The molecule has 2 aromatic rings. The minimum atomic E-state index is -3.87. The molecule has 0 amide bonds. The summed E-state index contributed by atoms with van der Waals surface area (Å²) in [6.07, 6.45) is 0. The first kappa shape index (κ1) is 13.0. The minimum absolute atomic E-state index is 0.0309. The zero-order valence-corrected chi connectivity index (χ0v) is 10.6. The molecule has 0 saturated carbocycles. The van der Waals surface area contributed by atoms with Crippen LogP contribution >= 0.6 is 7.52 Å². The molecule has 0 saturated heterocycles. The van der Waals surface area contributed by atoms with Gasteiger partial charge in [0.2, 0.25) is 0 Å². The average molecular weight is 275 g/mol. The van der Waals surface area contributed by atoms with Crippen molar-refractivity contribution in [2.45, 2.75) is 0 Å². The number of rotatable bonds is 4. The highest BCUT2D eigenvalue weighted by atomic mass is 31.2. The summed E-state index contributed by atoms with van der Waals surface area (Å²) in [6.45, 7) is 0. The van der Waals surface area contributed by atoms with Crippen LogP contribution in [0.2, 0.25) is 0 Å². The number of hydrogen-bond donors (Lipinski definition) is 1. The lowest BCUT2D eigenvalue weighted by Crippen LogP contribution is -2.08. The fourth-order valence-electron chi connectivity index (χ4n) is 1.50. The van der Waals surface area contributed by atoms with E-state index in [-0.39, 0.29) is 11.1 Å². The molecule has 0 aliphatic carbocycles. The first-order chi connectivity index (χ1) is 9.15. The number of phenols is 1. The van der Waals surface area contributed by atoms with Crippen molar-refractivity contribution in [3.05, 3.63) is 65.0 Å². The lowest BCUT2D eigenvalue weighted by atomic mass is 10.3. The molecular weight excluding hydrogens is 265 g/mol. The molecule has 1 N–H and O–H groups in total. The second-order valence-corrected chi connectivity index (χ2v) is 5.48. The van der Waals surface area contributed by atoms with Gasteiger partial charge < -0.3 is 9.63 Å². The van der Waals surface area contributed by atoms with Gasteiger partial charge >= 0.3 is 7.52 Å². The lowest BCUT2D eigenvalue weighted by molar-refractivity contribution is 0.470. The van der Waals surface area contributed by atoms with Crippen LogP contribution in [0.25, 0.3) is 10.4 Å². The topological polar surface area (TPSA) is 95.3 Å². The van der Waals surface area contributed by atoms with E-state index in [1.807, 2.05) is 0 Å². The largest absolute Gasteiger partial charge is 0.507 e. The number of azide groups is 1. The van der Waals surface area contributed by atoms with E-state index in [1.54, 1.807) is 42.5 Å². The summed E-state index contributed by atoms with van der Waals surface area (Å²) in [5.74, 6) is 0.0515. The highest BCUT2D eigenvalue weighted by molar-refractivity contribution is 7.66. The number of aromatic hydroxyl groups is 1. The van der Waals surface area contributed by atoms with Gasteiger partial charge in [0, 0.05) is 9.80 Å². The monoisotopic (exact) mass is 275 g/mol. The normalized spacial score (nSPS) is 13.1. The summed E-state index contributed by atoms with van der Waals surface area (Å²) in [5.41, 5.74) is 8.56. The van der Waals surface area contributed by atoms with Crippen molar-refractivity contribution in [3.63, 3.8) is 0 Å². The number of para-hydroxylation sites is 2. The summed E-state index contributed by atoms with van der Waals surface area (Å²) in [6, 6.07) is 14.2. The van der Waals surface area contributed by atoms with E-state index < -0.39 is 7.52 Å². The third-order valence-electron chi connectivity index (χ3n) is 2.32. The second-order valence-electron chi connectivity index (χ2n) is 3.59. The van der Waals surface area contributed by atoms with Crippen molar-refractivity contribution in [1.82, 2.24) is 0 Å². The fraction of sp³-hybridized carbons (Fsp3) is 0. The Bertz CT molecular complexity index is 669. The molecule has 2 aromatic carbocycles. The van der Waals surface area contributed by atoms with Gasteiger partial charge in [-0.3, -0.25) is 4.57 Å². The van der Waals surface area contributed by atoms with Crippen LogP contribution in [-0.2, 0) is 4.57 Å². The summed E-state index contributed by atoms with van der Waals surface area (Å²) < 4.78 is 17.9. The molecule has 7 heteroatoms. The molecule has 0 aromatic heterocycles. The Morgan fingerprint density at radius 2 is 1.74 bits per heavy atom. The summed E-state index contributed by atoms with van der Waals surface area (Å²) >= 11 is 0. The van der Waals surface area contributed by atoms with Gasteiger partial charge in [-0.2, -0.15) is 0 Å². The Kier molecular flexibility index (Phi) is 3.76. The quantitative estimate of drug-likeness (QED) is 0.399. The molecule has 0 aliphatic rings. The van der Waals surface area contributed by atoms with Crippen molar-refractivity contribution in [1.29, 1.82) is 0 Å². The third kappa shape index (κ3) is 2.88. The molecular formula is C12H10N3O3P. The SMILES string of the molecule is [N-]=[N+]=NP(=O)(Oc1ccccc1)c1ccccc1O. The van der Waals surface area contributed by atoms with Crippen LogP contribution in [0.1, 0.15) is 0 Å². The predicted octanol–water partition coefficient (Wildman–Crippen LogP) is 3.60. The molecule has 96 valence electrons. The molecule has 2 rings (SSSR count). The maximum absolute atomic E-state index is 12.6. The van der Waals surface area contributed by atoms with Crippen molar-refractivity contribution < 1.29 is 14.2 Å². The van der Waals surface area contributed by atoms with Crippen molar-refractivity contribution in [2.75, 3.05) is 0 Å². The Balaban J connectivity index is 2.48. The molecule has 0 bridgehead atoms. The van der Waals surface area contributed by atoms with E-state index in [2.05, 4.69) is 9.80 Å².